The van der Waals surface area contributed by atoms with Crippen molar-refractivity contribution in [2.45, 2.75) is 0 Å². The Morgan fingerprint density at radius 1 is 0.964 bits per heavy atom. The monoisotopic (exact) mass is 368 g/mol. The Morgan fingerprint density at radius 2 is 1.79 bits per heavy atom. The zero-order chi connectivity index (χ0) is 19.1. The maximum absolute atomic E-state index is 13.1. The van der Waals surface area contributed by atoms with E-state index in [0.29, 0.717) is 17.3 Å². The molecule has 4 heterocycles. The number of hydrogen-bond acceptors (Lipinski definition) is 4. The summed E-state index contributed by atoms with van der Waals surface area (Å²) in [6.45, 7) is 0. The lowest BCUT2D eigenvalue weighted by atomic mass is 10.2. The van der Waals surface area contributed by atoms with Crippen LogP contribution in [-0.2, 0) is 7.05 Å². The lowest BCUT2D eigenvalue weighted by Crippen LogP contribution is -2.17. The number of fused-ring (bicyclic) bond motifs is 3. The quantitative estimate of drug-likeness (QED) is 0.528. The van der Waals surface area contributed by atoms with Gasteiger partial charge in [-0.1, -0.05) is 18.2 Å². The summed E-state index contributed by atoms with van der Waals surface area (Å²) in [4.78, 5) is 25.9. The summed E-state index contributed by atoms with van der Waals surface area (Å²) in [5.41, 5.74) is 4.01. The van der Waals surface area contributed by atoms with Gasteiger partial charge in [0.1, 0.15) is 5.69 Å². The van der Waals surface area contributed by atoms with Gasteiger partial charge in [-0.15, -0.1) is 0 Å². The zero-order valence-electron chi connectivity index (χ0n) is 15.1. The number of carbonyl (C=O) groups excluding carboxylic acids is 1. The van der Waals surface area contributed by atoms with Gasteiger partial charge in [0.05, 0.1) is 28.4 Å². The highest BCUT2D eigenvalue weighted by atomic mass is 16.2. The summed E-state index contributed by atoms with van der Waals surface area (Å²) in [5, 5.41) is 3.93. The Bertz CT molecular complexity index is 1300. The van der Waals surface area contributed by atoms with Crippen molar-refractivity contribution in [2.24, 2.45) is 7.05 Å². The molecule has 5 rings (SSSR count). The minimum absolute atomic E-state index is 0.249. The molecule has 0 saturated carbocycles. The molecule has 5 aromatic rings. The van der Waals surface area contributed by atoms with Crippen LogP contribution in [0.5, 0.6) is 0 Å². The van der Waals surface area contributed by atoms with Crippen LogP contribution < -0.4 is 5.32 Å². The van der Waals surface area contributed by atoms with Gasteiger partial charge in [0.2, 0.25) is 5.95 Å². The van der Waals surface area contributed by atoms with E-state index in [0.717, 1.165) is 21.9 Å². The van der Waals surface area contributed by atoms with Crippen molar-refractivity contribution < 1.29 is 4.79 Å². The molecule has 1 N–H and O–H groups in total. The van der Waals surface area contributed by atoms with E-state index in [4.69, 9.17) is 0 Å². The summed E-state index contributed by atoms with van der Waals surface area (Å²) in [5.74, 6) is 0.200. The van der Waals surface area contributed by atoms with Crippen molar-refractivity contribution >= 4 is 33.5 Å². The van der Waals surface area contributed by atoms with E-state index < -0.39 is 0 Å². The van der Waals surface area contributed by atoms with Crippen molar-refractivity contribution in [3.63, 3.8) is 0 Å². The molecule has 0 aliphatic rings. The molecule has 136 valence electrons. The van der Waals surface area contributed by atoms with Gasteiger partial charge in [-0.2, -0.15) is 0 Å². The summed E-state index contributed by atoms with van der Waals surface area (Å²) in [6, 6.07) is 15.3. The molecule has 0 radical (unpaired) electrons. The van der Waals surface area contributed by atoms with Gasteiger partial charge in [-0.05, 0) is 30.3 Å². The predicted molar refractivity (Wildman–Crippen MR) is 108 cm³/mol. The fourth-order valence-corrected chi connectivity index (χ4v) is 3.52. The zero-order valence-corrected chi connectivity index (χ0v) is 15.1. The third kappa shape index (κ3) is 2.44. The fraction of sp³-hybridized carbons (Fsp3) is 0.0476. The second-order valence-corrected chi connectivity index (χ2v) is 6.42. The summed E-state index contributed by atoms with van der Waals surface area (Å²) in [6.07, 6.45) is 6.61. The minimum atomic E-state index is -0.249. The Labute approximate surface area is 160 Å². The van der Waals surface area contributed by atoms with E-state index >= 15 is 0 Å². The average molecular weight is 368 g/mol. The molecule has 0 unspecified atom stereocenters. The van der Waals surface area contributed by atoms with E-state index in [-0.39, 0.29) is 5.91 Å². The van der Waals surface area contributed by atoms with Crippen molar-refractivity contribution in [1.29, 1.82) is 0 Å². The second-order valence-electron chi connectivity index (χ2n) is 6.42. The maximum atomic E-state index is 13.1. The van der Waals surface area contributed by atoms with Crippen LogP contribution in [0.4, 0.5) is 5.69 Å². The second kappa shape index (κ2) is 6.31. The number of benzene rings is 1. The number of rotatable bonds is 3. The number of hydrogen-bond donors (Lipinski definition) is 1. The number of aromatic nitrogens is 5. The SMILES string of the molecule is Cn1c2ccccc2c2c1cc(C(=O)Nc1cccnc1)n2-c1ncccn1. The van der Waals surface area contributed by atoms with Crippen LogP contribution in [0.25, 0.3) is 27.9 Å². The van der Waals surface area contributed by atoms with Crippen LogP contribution in [0.2, 0.25) is 0 Å². The molecule has 0 fully saturated rings. The highest BCUT2D eigenvalue weighted by Gasteiger charge is 2.23. The van der Waals surface area contributed by atoms with Gasteiger partial charge in [0, 0.05) is 31.0 Å². The van der Waals surface area contributed by atoms with Crippen LogP contribution in [0.1, 0.15) is 10.5 Å². The highest BCUT2D eigenvalue weighted by Crippen LogP contribution is 2.32. The molecule has 0 aliphatic carbocycles. The van der Waals surface area contributed by atoms with E-state index in [1.165, 1.54) is 0 Å². The lowest BCUT2D eigenvalue weighted by Gasteiger charge is -2.09. The molecule has 7 heteroatoms. The van der Waals surface area contributed by atoms with Gasteiger partial charge < -0.3 is 9.88 Å². The van der Waals surface area contributed by atoms with Crippen LogP contribution in [0.3, 0.4) is 0 Å². The average Bonchev–Trinajstić information content (AvgIpc) is 3.26. The standard InChI is InChI=1S/C21H16N6O/c1-26-16-8-3-2-7-15(16)19-17(26)12-18(27(19)21-23-10-5-11-24-21)20(28)25-14-6-4-9-22-13-14/h2-13H,1H3,(H,25,28). The smallest absolute Gasteiger partial charge is 0.272 e. The van der Waals surface area contributed by atoms with Gasteiger partial charge in [-0.25, -0.2) is 9.97 Å². The Kier molecular flexibility index (Phi) is 3.65. The minimum Gasteiger partial charge on any atom is -0.342 e. The van der Waals surface area contributed by atoms with Crippen molar-refractivity contribution in [3.8, 4) is 5.95 Å². The summed E-state index contributed by atoms with van der Waals surface area (Å²) < 4.78 is 3.88. The number of carbonyl (C=O) groups is 1. The van der Waals surface area contributed by atoms with Crippen molar-refractivity contribution in [2.75, 3.05) is 5.32 Å². The lowest BCUT2D eigenvalue weighted by molar-refractivity contribution is 0.102. The van der Waals surface area contributed by atoms with Gasteiger partial charge in [0.25, 0.3) is 5.91 Å². The number of para-hydroxylation sites is 1. The number of nitrogens with one attached hydrogen (secondary N) is 1. The molecule has 0 spiro atoms. The molecule has 0 aliphatic heterocycles. The molecule has 7 nitrogen and oxygen atoms in total. The van der Waals surface area contributed by atoms with E-state index in [2.05, 4.69) is 30.9 Å². The van der Waals surface area contributed by atoms with E-state index in [9.17, 15) is 4.79 Å². The third-order valence-corrected chi connectivity index (χ3v) is 4.77. The molecule has 4 aromatic heterocycles. The van der Waals surface area contributed by atoms with Crippen LogP contribution >= 0.6 is 0 Å². The summed E-state index contributed by atoms with van der Waals surface area (Å²) in [7, 11) is 1.99. The molecule has 1 amide bonds. The first-order valence-electron chi connectivity index (χ1n) is 8.81. The largest absolute Gasteiger partial charge is 0.342 e. The number of anilines is 1. The Balaban J connectivity index is 1.77. The van der Waals surface area contributed by atoms with Gasteiger partial charge in [0.15, 0.2) is 0 Å². The Morgan fingerprint density at radius 3 is 2.57 bits per heavy atom. The van der Waals surface area contributed by atoms with Crippen molar-refractivity contribution in [1.82, 2.24) is 24.1 Å². The van der Waals surface area contributed by atoms with Crippen molar-refractivity contribution in [3.05, 3.63) is 79.0 Å². The van der Waals surface area contributed by atoms with Gasteiger partial charge >= 0.3 is 0 Å². The number of aryl methyl sites for hydroxylation is 1. The van der Waals surface area contributed by atoms with Crippen LogP contribution in [0.15, 0.2) is 73.3 Å². The first-order chi connectivity index (χ1) is 13.7. The highest BCUT2D eigenvalue weighted by molar-refractivity contribution is 6.13. The first kappa shape index (κ1) is 16.2. The molecule has 1 aromatic carbocycles. The third-order valence-electron chi connectivity index (χ3n) is 4.77. The number of pyridine rings is 1. The molecule has 0 bridgehead atoms. The molecular weight excluding hydrogens is 352 g/mol. The van der Waals surface area contributed by atoms with Crippen LogP contribution in [-0.4, -0.2) is 30.0 Å². The van der Waals surface area contributed by atoms with Crippen LogP contribution in [0, 0.1) is 0 Å². The number of amides is 1. The van der Waals surface area contributed by atoms with E-state index in [1.807, 2.05) is 35.9 Å². The molecule has 0 atom stereocenters. The normalized spacial score (nSPS) is 11.2. The van der Waals surface area contributed by atoms with Gasteiger partial charge in [-0.3, -0.25) is 14.3 Å². The number of nitrogens with zero attached hydrogens (tertiary/aromatic N) is 5. The predicted octanol–water partition coefficient (Wildman–Crippen LogP) is 3.56. The fourth-order valence-electron chi connectivity index (χ4n) is 3.52. The molecule has 0 saturated heterocycles. The maximum Gasteiger partial charge on any atom is 0.272 e. The molecular formula is C21H16N6O. The first-order valence-corrected chi connectivity index (χ1v) is 8.81. The van der Waals surface area contributed by atoms with E-state index in [1.54, 1.807) is 43.0 Å². The summed E-state index contributed by atoms with van der Waals surface area (Å²) >= 11 is 0. The molecule has 28 heavy (non-hydrogen) atoms. The Hall–Kier alpha value is -4.00. The topological polar surface area (TPSA) is 77.6 Å².